The number of aliphatic hydroxyl groups excluding tert-OH is 1. The van der Waals surface area contributed by atoms with E-state index in [-0.39, 0.29) is 131 Å². The number of alkyl carbamates (subject to hydrolysis) is 1. The smallest absolute Gasteiger partial charge is 0.497 e. The van der Waals surface area contributed by atoms with Gasteiger partial charge in [0.2, 0.25) is 24.1 Å². The van der Waals surface area contributed by atoms with Crippen molar-refractivity contribution in [2.45, 2.75) is 120 Å². The molecule has 13 rings (SSSR count). The van der Waals surface area contributed by atoms with Gasteiger partial charge in [-0.3, -0.25) is 38.8 Å². The number of carbonyl (C=O) groups is 7. The number of aliphatic hydroxyl groups is 1. The van der Waals surface area contributed by atoms with Gasteiger partial charge in [-0.25, -0.2) is 19.6 Å². The van der Waals surface area contributed by atoms with Crippen molar-refractivity contribution in [3.63, 3.8) is 0 Å². The van der Waals surface area contributed by atoms with Crippen LogP contribution in [-0.4, -0.2) is 184 Å². The fraction of sp³-hybridized carbons (Fsp3) is 0.350. The second kappa shape index (κ2) is 36.6. The van der Waals surface area contributed by atoms with Crippen LogP contribution in [0.2, 0.25) is 0 Å². The molecule has 8 atom stereocenters. The molecule has 7 N–H and O–H groups in total. The summed E-state index contributed by atoms with van der Waals surface area (Å²) in [6.07, 6.45) is -6.29. The van der Waals surface area contributed by atoms with E-state index < -0.39 is 106 Å². The predicted molar refractivity (Wildman–Crippen MR) is 408 cm³/mol. The van der Waals surface area contributed by atoms with Crippen LogP contribution in [0.4, 0.5) is 15.5 Å². The quantitative estimate of drug-likeness (QED) is 0.00872. The molecule has 2 aliphatic carbocycles. The lowest BCUT2D eigenvalue weighted by Gasteiger charge is -2.31. The first kappa shape index (κ1) is 79.3. The van der Waals surface area contributed by atoms with Crippen molar-refractivity contribution in [2.75, 3.05) is 65.6 Å². The number of rotatable bonds is 33. The maximum atomic E-state index is 13.6. The number of nitrogens with zero attached hydrogens (tertiary/aromatic N) is 7. The van der Waals surface area contributed by atoms with Crippen LogP contribution in [0.25, 0.3) is 33.4 Å². The second-order valence-corrected chi connectivity index (χ2v) is 28.9. The first-order chi connectivity index (χ1) is 54.8. The Morgan fingerprint density at radius 1 is 0.708 bits per heavy atom. The molecule has 0 bridgehead atoms. The van der Waals surface area contributed by atoms with Crippen molar-refractivity contribution < 1.29 is 90.3 Å². The molecule has 33 heteroatoms. The summed E-state index contributed by atoms with van der Waals surface area (Å²) in [4.78, 5) is 135. The Bertz CT molecular complexity index is 4890. The van der Waals surface area contributed by atoms with Gasteiger partial charge < -0.3 is 68.8 Å². The summed E-state index contributed by atoms with van der Waals surface area (Å²) < 4.78 is 61.6. The van der Waals surface area contributed by atoms with Crippen molar-refractivity contribution >= 4 is 72.8 Å². The van der Waals surface area contributed by atoms with E-state index in [1.165, 1.54) is 47.0 Å². The number of hydrogen-bond acceptors (Lipinski definition) is 25. The van der Waals surface area contributed by atoms with Crippen LogP contribution in [0.1, 0.15) is 115 Å². The number of methoxy groups -OCH3 is 1. The highest BCUT2D eigenvalue weighted by atomic mass is 31.2. The van der Waals surface area contributed by atoms with Crippen molar-refractivity contribution in [1.29, 1.82) is 5.26 Å². The molecule has 2 fully saturated rings. The number of Topliss-reactive ketones (excluding diaryl/α,β-unsaturated/α-hetero) is 1. The summed E-state index contributed by atoms with van der Waals surface area (Å²) in [5, 5.41) is 31.8. The fourth-order valence-corrected chi connectivity index (χ4v) is 15.4. The second-order valence-electron chi connectivity index (χ2n) is 27.3. The molecule has 0 saturated carbocycles. The standard InChI is InChI=1S/C80H83N12O20P/c1-48(93)23-32-72(96)111-63-40-70(91-38-34-67(86-78(91)99)85-68(94)22-12-37-90(2)80(101)106-44-62-59-20-10-6-16-55(59)56-17-7-11-21-60(56)62)110-66(63)46-108-113(102,107-39-13-35-81)112-64-41-71(109-65(64)45-104-52-30-28-51(103-3)29-31-52)92-47-84-73-74(92)88-77(89-76(73)98)87-69(95)33-36-82-75(97)50-26-24-49(25-27-50)42-83-79(100)105-43-61-57-18-8-4-14-53(57)54-15-5-9-19-58(54)61/h4-11,14-21,24-31,34,38,47,61-66,70-71,78,99,102H,12-13,22-23,32-33,36-37,39-46H2,1-3H3,(H4-,82,83,85,86,87,88,89,94,95,97,98,100)/p+1/t63?,64?,65-,66-,70-,71-,78?,113?/m1/s1. The van der Waals surface area contributed by atoms with Crippen LogP contribution in [0.5, 0.6) is 11.5 Å². The first-order valence-electron chi connectivity index (χ1n) is 36.8. The van der Waals surface area contributed by atoms with Gasteiger partial charge in [-0.1, -0.05) is 109 Å². The third kappa shape index (κ3) is 19.6. The summed E-state index contributed by atoms with van der Waals surface area (Å²) in [5.74, 6) is -2.10. The summed E-state index contributed by atoms with van der Waals surface area (Å²) in [6.45, 7) is 0.625. The summed E-state index contributed by atoms with van der Waals surface area (Å²) in [7, 11) is -1.53. The van der Waals surface area contributed by atoms with Gasteiger partial charge in [0.1, 0.15) is 93.0 Å². The van der Waals surface area contributed by atoms with Gasteiger partial charge in [0.25, 0.3) is 11.5 Å². The predicted octanol–water partition coefficient (Wildman–Crippen LogP) is 8.97. The Morgan fingerprint density at radius 3 is 1.96 bits per heavy atom. The zero-order chi connectivity index (χ0) is 79.1. The molecule has 8 aromatic rings. The number of nitrogens with one attached hydrogen (secondary N) is 5. The number of nitriles is 1. The molecule has 3 aliphatic heterocycles. The third-order valence-corrected chi connectivity index (χ3v) is 21.2. The molecular weight excluding hydrogens is 1480 g/mol. The number of imidazole rings is 1. The number of amidine groups is 1. The van der Waals surface area contributed by atoms with Gasteiger partial charge in [0.15, 0.2) is 11.2 Å². The summed E-state index contributed by atoms with van der Waals surface area (Å²) in [5.41, 5.74) is 8.89. The van der Waals surface area contributed by atoms with E-state index in [9.17, 15) is 53.6 Å². The van der Waals surface area contributed by atoms with Crippen molar-refractivity contribution in [1.82, 2.24) is 45.3 Å². The molecule has 32 nitrogen and oxygen atoms in total. The molecule has 0 radical (unpaired) electrons. The lowest BCUT2D eigenvalue weighted by molar-refractivity contribution is -0.155. The van der Waals surface area contributed by atoms with Crippen molar-refractivity contribution in [2.24, 2.45) is 4.99 Å². The Morgan fingerprint density at radius 2 is 1.32 bits per heavy atom. The number of H-pyrrole nitrogens is 1. The number of amides is 5. The molecule has 588 valence electrons. The largest absolute Gasteiger partial charge is 0.573 e. The molecule has 2 aromatic heterocycles. The average molecular weight is 1560 g/mol. The number of esters is 1. The summed E-state index contributed by atoms with van der Waals surface area (Å²) in [6, 6.07) is 47.3. The molecular formula is C80H84N12O20P+. The van der Waals surface area contributed by atoms with Gasteiger partial charge in [-0.2, -0.15) is 24.2 Å². The minimum atomic E-state index is -4.62. The topological polar surface area (TPSA) is 407 Å². The lowest BCUT2D eigenvalue weighted by Crippen LogP contribution is -2.43. The van der Waals surface area contributed by atoms with Crippen LogP contribution >= 0.6 is 8.17 Å². The van der Waals surface area contributed by atoms with E-state index in [1.54, 1.807) is 55.6 Å². The lowest BCUT2D eigenvalue weighted by atomic mass is 9.98. The molecule has 4 unspecified atom stereocenters. The van der Waals surface area contributed by atoms with E-state index in [1.807, 2.05) is 78.9 Å². The Kier molecular flexibility index (Phi) is 25.7. The number of ketones is 1. The van der Waals surface area contributed by atoms with Crippen LogP contribution < -0.4 is 36.3 Å². The number of carbonyl (C=O) groups excluding carboxylic acids is 7. The Labute approximate surface area is 649 Å². The zero-order valence-electron chi connectivity index (χ0n) is 61.9. The SMILES string of the molecule is COc1ccc(OC[C@H]2O[C@@H](n3cnc4c(=O)[nH]c(NC(=O)CCNC(=O)c5ccc(CNC(=O)OCC6c7ccccc7-c7ccccc76)cc5)nc43)CC2O[P+](O)(OCCC#N)OC[C@H]2O[C@@H](N3C=CC(NC(=O)CCCN(C)C(=O)OCC4c5ccccc5-c5ccccc54)=NC3O)CC2OC(=O)CCC(C)=O)cc1. The van der Waals surface area contributed by atoms with Gasteiger partial charge in [0.05, 0.1) is 32.3 Å². The normalized spacial score (nSPS) is 19.1. The molecule has 6 aromatic carbocycles. The Hall–Kier alpha value is -11.8. The van der Waals surface area contributed by atoms with Crippen LogP contribution in [-0.2, 0) is 63.0 Å². The summed E-state index contributed by atoms with van der Waals surface area (Å²) >= 11 is 0. The van der Waals surface area contributed by atoms with Crippen molar-refractivity contribution in [3.8, 4) is 39.8 Å². The minimum Gasteiger partial charge on any atom is -0.497 e. The highest BCUT2D eigenvalue weighted by molar-refractivity contribution is 7.55. The maximum absolute atomic E-state index is 13.6. The molecule has 113 heavy (non-hydrogen) atoms. The number of benzene rings is 6. The fourth-order valence-electron chi connectivity index (χ4n) is 13.9. The first-order valence-corrected chi connectivity index (χ1v) is 38.3. The van der Waals surface area contributed by atoms with Gasteiger partial charge in [-0.15, -0.1) is 4.52 Å². The Balaban J connectivity index is 0.613. The van der Waals surface area contributed by atoms with Crippen LogP contribution in [0, 0.1) is 11.3 Å². The van der Waals surface area contributed by atoms with Crippen molar-refractivity contribution in [3.05, 3.63) is 208 Å². The molecule has 2 saturated heterocycles. The van der Waals surface area contributed by atoms with Gasteiger partial charge in [-0.05, 0) is 106 Å². The minimum absolute atomic E-state index is 0.0140. The number of aromatic nitrogens is 4. The van der Waals surface area contributed by atoms with E-state index in [4.69, 9.17) is 46.7 Å². The van der Waals surface area contributed by atoms with E-state index in [0.717, 1.165) is 44.5 Å². The van der Waals surface area contributed by atoms with E-state index >= 15 is 0 Å². The maximum Gasteiger partial charge on any atom is 0.573 e. The zero-order valence-corrected chi connectivity index (χ0v) is 62.8. The van der Waals surface area contributed by atoms with E-state index in [0.29, 0.717) is 22.6 Å². The molecule has 5 amide bonds. The van der Waals surface area contributed by atoms with Crippen LogP contribution in [0.3, 0.4) is 0 Å². The number of fused-ring (bicyclic) bond motifs is 7. The van der Waals surface area contributed by atoms with Gasteiger partial charge >= 0.3 is 26.3 Å². The molecule has 5 aliphatic rings. The number of ether oxygens (including phenoxy) is 7. The monoisotopic (exact) mass is 1560 g/mol. The van der Waals surface area contributed by atoms with Gasteiger partial charge in [0, 0.05) is 82.4 Å². The van der Waals surface area contributed by atoms with E-state index in [2.05, 4.69) is 65.5 Å². The highest BCUT2D eigenvalue weighted by Crippen LogP contribution is 2.61. The number of anilines is 1. The number of aliphatic imine (C=N–C) groups is 1. The molecule has 5 heterocycles. The van der Waals surface area contributed by atoms with Crippen LogP contribution in [0.15, 0.2) is 174 Å². The highest BCUT2D eigenvalue weighted by Gasteiger charge is 2.55. The number of aromatic amines is 1. The molecule has 0 spiro atoms. The number of hydrogen-bond donors (Lipinski definition) is 7. The average Bonchev–Trinajstić information content (AvgIpc) is 1.67. The third-order valence-electron chi connectivity index (χ3n) is 19.6.